The van der Waals surface area contributed by atoms with E-state index in [1.807, 2.05) is 0 Å². The highest BCUT2D eigenvalue weighted by Crippen LogP contribution is 2.38. The molecule has 3 heteroatoms. The standard InChI is InChI=1S/C18H26FNO/c1-12-11-13(9-10-15(12)19)17(21)20-16-8-6-5-7-14(16)18(2,3)4/h9-11,14,16H,5-8H2,1-4H3,(H,20,21). The van der Waals surface area contributed by atoms with Crippen LogP contribution < -0.4 is 5.32 Å². The summed E-state index contributed by atoms with van der Waals surface area (Å²) in [6.07, 6.45) is 4.61. The Hall–Kier alpha value is -1.38. The minimum absolute atomic E-state index is 0.0840. The first kappa shape index (κ1) is 16.0. The summed E-state index contributed by atoms with van der Waals surface area (Å²) in [4.78, 5) is 12.4. The Morgan fingerprint density at radius 3 is 2.52 bits per heavy atom. The van der Waals surface area contributed by atoms with Crippen LogP contribution in [0.15, 0.2) is 18.2 Å². The van der Waals surface area contributed by atoms with Crippen molar-refractivity contribution in [1.82, 2.24) is 5.32 Å². The van der Waals surface area contributed by atoms with Gasteiger partial charge in [-0.05, 0) is 54.9 Å². The summed E-state index contributed by atoms with van der Waals surface area (Å²) >= 11 is 0. The van der Waals surface area contributed by atoms with E-state index in [4.69, 9.17) is 0 Å². The lowest BCUT2D eigenvalue weighted by molar-refractivity contribution is 0.0830. The largest absolute Gasteiger partial charge is 0.349 e. The van der Waals surface area contributed by atoms with Gasteiger partial charge in [-0.1, -0.05) is 33.6 Å². The Morgan fingerprint density at radius 1 is 1.24 bits per heavy atom. The van der Waals surface area contributed by atoms with Crippen LogP contribution in [0.25, 0.3) is 0 Å². The molecule has 0 radical (unpaired) electrons. The number of hydrogen-bond donors (Lipinski definition) is 1. The molecule has 0 saturated heterocycles. The van der Waals surface area contributed by atoms with E-state index < -0.39 is 0 Å². The molecule has 1 aliphatic carbocycles. The molecule has 1 aliphatic rings. The Morgan fingerprint density at radius 2 is 1.90 bits per heavy atom. The number of nitrogens with one attached hydrogen (secondary N) is 1. The maximum Gasteiger partial charge on any atom is 0.251 e. The molecule has 2 nitrogen and oxygen atoms in total. The Labute approximate surface area is 127 Å². The van der Waals surface area contributed by atoms with E-state index in [2.05, 4.69) is 26.1 Å². The van der Waals surface area contributed by atoms with E-state index in [9.17, 15) is 9.18 Å². The minimum atomic E-state index is -0.267. The molecule has 2 rings (SSSR count). The molecule has 0 bridgehead atoms. The van der Waals surface area contributed by atoms with Gasteiger partial charge in [0.25, 0.3) is 5.91 Å². The van der Waals surface area contributed by atoms with Gasteiger partial charge in [0.05, 0.1) is 0 Å². The van der Waals surface area contributed by atoms with Crippen LogP contribution in [0.3, 0.4) is 0 Å². The Bertz CT molecular complexity index is 518. The normalized spacial score (nSPS) is 22.9. The van der Waals surface area contributed by atoms with Crippen molar-refractivity contribution >= 4 is 5.91 Å². The molecule has 0 spiro atoms. The zero-order valence-corrected chi connectivity index (χ0v) is 13.5. The molecule has 116 valence electrons. The van der Waals surface area contributed by atoms with Gasteiger partial charge in [-0.15, -0.1) is 0 Å². The molecule has 1 aromatic rings. The van der Waals surface area contributed by atoms with E-state index in [-0.39, 0.29) is 23.2 Å². The average Bonchev–Trinajstić information content (AvgIpc) is 2.41. The number of hydrogen-bond acceptors (Lipinski definition) is 1. The van der Waals surface area contributed by atoms with Crippen LogP contribution >= 0.6 is 0 Å². The van der Waals surface area contributed by atoms with Crippen LogP contribution in [0.4, 0.5) is 4.39 Å². The van der Waals surface area contributed by atoms with Gasteiger partial charge >= 0.3 is 0 Å². The number of rotatable bonds is 2. The van der Waals surface area contributed by atoms with Gasteiger partial charge in [-0.3, -0.25) is 4.79 Å². The third-order valence-electron chi connectivity index (χ3n) is 4.61. The van der Waals surface area contributed by atoms with E-state index in [0.29, 0.717) is 17.0 Å². The fourth-order valence-corrected chi connectivity index (χ4v) is 3.38. The Balaban J connectivity index is 2.11. The van der Waals surface area contributed by atoms with E-state index >= 15 is 0 Å². The average molecular weight is 291 g/mol. The SMILES string of the molecule is Cc1cc(C(=O)NC2CCCCC2C(C)(C)C)ccc1F. The number of carbonyl (C=O) groups excluding carboxylic acids is 1. The summed E-state index contributed by atoms with van der Waals surface area (Å²) in [5.41, 5.74) is 1.25. The van der Waals surface area contributed by atoms with Gasteiger partial charge in [0, 0.05) is 11.6 Å². The van der Waals surface area contributed by atoms with E-state index in [0.717, 1.165) is 12.8 Å². The smallest absolute Gasteiger partial charge is 0.251 e. The fraction of sp³-hybridized carbons (Fsp3) is 0.611. The van der Waals surface area contributed by atoms with Crippen molar-refractivity contribution < 1.29 is 9.18 Å². The first-order valence-electron chi connectivity index (χ1n) is 7.86. The summed E-state index contributed by atoms with van der Waals surface area (Å²) in [7, 11) is 0. The molecule has 1 amide bonds. The molecule has 0 heterocycles. The minimum Gasteiger partial charge on any atom is -0.349 e. The summed E-state index contributed by atoms with van der Waals surface area (Å²) in [6, 6.07) is 4.77. The summed E-state index contributed by atoms with van der Waals surface area (Å²) in [6.45, 7) is 8.41. The number of aryl methyl sites for hydroxylation is 1. The lowest BCUT2D eigenvalue weighted by Gasteiger charge is -2.40. The van der Waals surface area contributed by atoms with Gasteiger partial charge in [0.15, 0.2) is 0 Å². The fourth-order valence-electron chi connectivity index (χ4n) is 3.38. The number of carbonyl (C=O) groups is 1. The van der Waals surface area contributed by atoms with Gasteiger partial charge in [-0.25, -0.2) is 4.39 Å². The molecule has 0 aromatic heterocycles. The predicted molar refractivity (Wildman–Crippen MR) is 83.8 cm³/mol. The van der Waals surface area contributed by atoms with Crippen molar-refractivity contribution in [2.24, 2.45) is 11.3 Å². The monoisotopic (exact) mass is 291 g/mol. The molecule has 1 N–H and O–H groups in total. The maximum atomic E-state index is 13.3. The maximum absolute atomic E-state index is 13.3. The van der Waals surface area contributed by atoms with Gasteiger partial charge in [0.2, 0.25) is 0 Å². The number of halogens is 1. The van der Waals surface area contributed by atoms with Crippen molar-refractivity contribution in [2.45, 2.75) is 59.4 Å². The highest BCUT2D eigenvalue weighted by atomic mass is 19.1. The highest BCUT2D eigenvalue weighted by molar-refractivity contribution is 5.94. The quantitative estimate of drug-likeness (QED) is 0.856. The van der Waals surface area contributed by atoms with Crippen molar-refractivity contribution in [3.05, 3.63) is 35.1 Å². The summed E-state index contributed by atoms with van der Waals surface area (Å²) in [5.74, 6) is 0.146. The topological polar surface area (TPSA) is 29.1 Å². The van der Waals surface area contributed by atoms with E-state index in [1.165, 1.54) is 18.9 Å². The molecular formula is C18H26FNO. The zero-order chi connectivity index (χ0) is 15.6. The second kappa shape index (κ2) is 6.17. The third-order valence-corrected chi connectivity index (χ3v) is 4.61. The molecule has 21 heavy (non-hydrogen) atoms. The van der Waals surface area contributed by atoms with Crippen LogP contribution in [-0.4, -0.2) is 11.9 Å². The molecule has 2 atom stereocenters. The zero-order valence-electron chi connectivity index (χ0n) is 13.5. The van der Waals surface area contributed by atoms with E-state index in [1.54, 1.807) is 19.1 Å². The lowest BCUT2D eigenvalue weighted by atomic mass is 9.69. The second-order valence-corrected chi connectivity index (χ2v) is 7.30. The van der Waals surface area contributed by atoms with Gasteiger partial charge in [0.1, 0.15) is 5.82 Å². The second-order valence-electron chi connectivity index (χ2n) is 7.30. The highest BCUT2D eigenvalue weighted by Gasteiger charge is 2.34. The van der Waals surface area contributed by atoms with Crippen molar-refractivity contribution in [2.75, 3.05) is 0 Å². The molecule has 1 aromatic carbocycles. The lowest BCUT2D eigenvalue weighted by Crippen LogP contribution is -2.46. The Kier molecular flexibility index (Phi) is 4.70. The van der Waals surface area contributed by atoms with Crippen LogP contribution in [0.5, 0.6) is 0 Å². The first-order chi connectivity index (χ1) is 9.79. The number of amides is 1. The summed E-state index contributed by atoms with van der Waals surface area (Å²) in [5, 5.41) is 3.18. The van der Waals surface area contributed by atoms with Crippen molar-refractivity contribution in [3.8, 4) is 0 Å². The van der Waals surface area contributed by atoms with Crippen LogP contribution in [0, 0.1) is 24.1 Å². The van der Waals surface area contributed by atoms with Crippen LogP contribution in [0.2, 0.25) is 0 Å². The molecule has 1 fully saturated rings. The summed E-state index contributed by atoms with van der Waals surface area (Å²) < 4.78 is 13.3. The van der Waals surface area contributed by atoms with Gasteiger partial charge < -0.3 is 5.32 Å². The van der Waals surface area contributed by atoms with Crippen LogP contribution in [-0.2, 0) is 0 Å². The van der Waals surface area contributed by atoms with Crippen molar-refractivity contribution in [1.29, 1.82) is 0 Å². The third kappa shape index (κ3) is 3.84. The molecule has 2 unspecified atom stereocenters. The molecular weight excluding hydrogens is 265 g/mol. The molecule has 1 saturated carbocycles. The van der Waals surface area contributed by atoms with Crippen LogP contribution in [0.1, 0.15) is 62.4 Å². The first-order valence-corrected chi connectivity index (χ1v) is 7.86. The molecule has 0 aliphatic heterocycles. The number of benzene rings is 1. The predicted octanol–water partition coefficient (Wildman–Crippen LogP) is 4.47. The van der Waals surface area contributed by atoms with Crippen molar-refractivity contribution in [3.63, 3.8) is 0 Å². The van der Waals surface area contributed by atoms with Gasteiger partial charge in [-0.2, -0.15) is 0 Å².